The van der Waals surface area contributed by atoms with Crippen LogP contribution >= 0.6 is 23.2 Å². The van der Waals surface area contributed by atoms with Crippen molar-refractivity contribution in [3.05, 3.63) is 45.7 Å². The molecule has 35 heavy (non-hydrogen) atoms. The number of amides is 1. The van der Waals surface area contributed by atoms with Crippen molar-refractivity contribution in [1.82, 2.24) is 14.9 Å². The van der Waals surface area contributed by atoms with E-state index in [-0.39, 0.29) is 30.1 Å². The van der Waals surface area contributed by atoms with Crippen molar-refractivity contribution in [2.24, 2.45) is 5.73 Å². The van der Waals surface area contributed by atoms with Crippen LogP contribution in [0.15, 0.2) is 24.4 Å². The fourth-order valence-electron chi connectivity index (χ4n) is 4.83. The van der Waals surface area contributed by atoms with E-state index in [4.69, 9.17) is 34.3 Å². The number of nitrogens with two attached hydrogens (primary N) is 1. The summed E-state index contributed by atoms with van der Waals surface area (Å²) >= 11 is 12.4. The predicted octanol–water partition coefficient (Wildman–Crippen LogP) is 4.21. The molecule has 2 aliphatic heterocycles. The number of carbonyl (C=O) groups excluding carboxylic acids is 1. The number of piperidine rings is 2. The van der Waals surface area contributed by atoms with E-state index in [1.165, 1.54) is 12.6 Å². The summed E-state index contributed by atoms with van der Waals surface area (Å²) in [5.74, 6) is -0.237. The van der Waals surface area contributed by atoms with E-state index in [0.717, 1.165) is 31.5 Å². The van der Waals surface area contributed by atoms with Crippen LogP contribution in [-0.2, 0) is 4.79 Å². The van der Waals surface area contributed by atoms with Crippen molar-refractivity contribution in [2.75, 3.05) is 36.4 Å². The highest BCUT2D eigenvalue weighted by molar-refractivity contribution is 6.44. The number of carbonyl (C=O) groups is 1. The molecule has 4 rings (SSSR count). The van der Waals surface area contributed by atoms with E-state index in [1.807, 2.05) is 11.8 Å². The summed E-state index contributed by atoms with van der Waals surface area (Å²) in [7, 11) is 0. The summed E-state index contributed by atoms with van der Waals surface area (Å²) in [5.41, 5.74) is 5.66. The van der Waals surface area contributed by atoms with E-state index in [2.05, 4.69) is 20.2 Å². The first-order chi connectivity index (χ1) is 16.7. The molecule has 0 saturated carbocycles. The standard InChI is InChI=1S/C24H30Cl2FN7O/c1-14(16-6-5-15(25)11-17(16)26)31-24-22(21(28)23(29)35)30-12-20(32-24)34-10-7-19(18(27)13-34)33-8-3-2-4-9-33/h5-6,11-12,14,18-19,28H,2-4,7-10,13H2,1H3,(H2,29,35)(H,31,32). The van der Waals surface area contributed by atoms with E-state index in [1.54, 1.807) is 18.2 Å². The zero-order chi connectivity index (χ0) is 25.1. The first kappa shape index (κ1) is 25.6. The van der Waals surface area contributed by atoms with Crippen LogP contribution in [0.5, 0.6) is 0 Å². The summed E-state index contributed by atoms with van der Waals surface area (Å²) in [6.45, 7) is 4.62. The minimum atomic E-state index is -1.00. The third kappa shape index (κ3) is 5.85. The summed E-state index contributed by atoms with van der Waals surface area (Å²) in [5, 5.41) is 12.3. The Bertz CT molecular complexity index is 1100. The van der Waals surface area contributed by atoms with Gasteiger partial charge < -0.3 is 16.0 Å². The first-order valence-electron chi connectivity index (χ1n) is 11.8. The highest BCUT2D eigenvalue weighted by atomic mass is 35.5. The van der Waals surface area contributed by atoms with Gasteiger partial charge in [-0.15, -0.1) is 0 Å². The number of anilines is 2. The van der Waals surface area contributed by atoms with Crippen LogP contribution in [0.3, 0.4) is 0 Å². The zero-order valence-electron chi connectivity index (χ0n) is 19.6. The quantitative estimate of drug-likeness (QED) is 0.470. The van der Waals surface area contributed by atoms with Gasteiger partial charge in [0.2, 0.25) is 0 Å². The molecule has 11 heteroatoms. The number of alkyl halides is 1. The van der Waals surface area contributed by atoms with Gasteiger partial charge in [-0.1, -0.05) is 35.7 Å². The molecule has 2 fully saturated rings. The molecule has 3 unspecified atom stereocenters. The third-order valence-corrected chi connectivity index (χ3v) is 7.28. The van der Waals surface area contributed by atoms with Gasteiger partial charge in [-0.25, -0.2) is 14.4 Å². The second-order valence-electron chi connectivity index (χ2n) is 9.11. The Morgan fingerprint density at radius 3 is 2.66 bits per heavy atom. The van der Waals surface area contributed by atoms with Gasteiger partial charge >= 0.3 is 0 Å². The predicted molar refractivity (Wildman–Crippen MR) is 137 cm³/mol. The molecule has 1 aromatic heterocycles. The number of likely N-dealkylation sites (tertiary alicyclic amines) is 1. The summed E-state index contributed by atoms with van der Waals surface area (Å²) in [6.07, 6.45) is 4.61. The Balaban J connectivity index is 1.57. The molecule has 2 aliphatic rings. The van der Waals surface area contributed by atoms with Crippen LogP contribution in [0.4, 0.5) is 16.0 Å². The molecule has 1 aromatic carbocycles. The highest BCUT2D eigenvalue weighted by Gasteiger charge is 2.35. The fraction of sp³-hybridized carbons (Fsp3) is 0.500. The first-order valence-corrected chi connectivity index (χ1v) is 12.6. The van der Waals surface area contributed by atoms with Crippen molar-refractivity contribution in [3.8, 4) is 0 Å². The fourth-order valence-corrected chi connectivity index (χ4v) is 5.40. The Morgan fingerprint density at radius 1 is 1.26 bits per heavy atom. The number of hydrogen-bond acceptors (Lipinski definition) is 7. The molecule has 3 heterocycles. The van der Waals surface area contributed by atoms with Crippen LogP contribution < -0.4 is 16.0 Å². The lowest BCUT2D eigenvalue weighted by molar-refractivity contribution is -0.112. The molecule has 4 N–H and O–H groups in total. The Hall–Kier alpha value is -2.49. The average molecular weight is 522 g/mol. The molecule has 0 spiro atoms. The van der Waals surface area contributed by atoms with Crippen LogP contribution in [0.25, 0.3) is 0 Å². The molecular weight excluding hydrogens is 492 g/mol. The molecule has 0 bridgehead atoms. The number of benzene rings is 1. The maximum Gasteiger partial charge on any atom is 0.268 e. The molecule has 0 aliphatic carbocycles. The Kier molecular flexibility index (Phi) is 8.09. The number of rotatable bonds is 7. The Labute approximate surface area is 214 Å². The molecule has 2 saturated heterocycles. The number of nitrogens with one attached hydrogen (secondary N) is 2. The number of primary amides is 1. The third-order valence-electron chi connectivity index (χ3n) is 6.72. The number of aromatic nitrogens is 2. The van der Waals surface area contributed by atoms with Crippen molar-refractivity contribution < 1.29 is 9.18 Å². The van der Waals surface area contributed by atoms with Crippen molar-refractivity contribution in [1.29, 1.82) is 5.41 Å². The normalized spacial score (nSPS) is 22.0. The van der Waals surface area contributed by atoms with Crippen LogP contribution in [0.1, 0.15) is 49.9 Å². The molecule has 2 aromatic rings. The minimum Gasteiger partial charge on any atom is -0.364 e. The SMILES string of the molecule is CC(Nc1nc(N2CCC(N3CCCCC3)C(F)C2)cnc1C(=N)C(N)=O)c1ccc(Cl)cc1Cl. The lowest BCUT2D eigenvalue weighted by Crippen LogP contribution is -2.54. The van der Waals surface area contributed by atoms with E-state index in [9.17, 15) is 4.79 Å². The zero-order valence-corrected chi connectivity index (χ0v) is 21.1. The van der Waals surface area contributed by atoms with Gasteiger partial charge in [-0.2, -0.15) is 0 Å². The number of halogens is 3. The number of hydrogen-bond donors (Lipinski definition) is 3. The second-order valence-corrected chi connectivity index (χ2v) is 9.95. The smallest absolute Gasteiger partial charge is 0.268 e. The second kappa shape index (κ2) is 11.1. The molecule has 188 valence electrons. The topological polar surface area (TPSA) is 111 Å². The lowest BCUT2D eigenvalue weighted by atomic mass is 9.98. The average Bonchev–Trinajstić information content (AvgIpc) is 2.84. The van der Waals surface area contributed by atoms with Crippen LogP contribution in [-0.4, -0.2) is 64.9 Å². The van der Waals surface area contributed by atoms with Gasteiger partial charge in [-0.3, -0.25) is 15.1 Å². The number of nitrogens with zero attached hydrogens (tertiary/aromatic N) is 4. The van der Waals surface area contributed by atoms with Crippen LogP contribution in [0, 0.1) is 5.41 Å². The van der Waals surface area contributed by atoms with Crippen molar-refractivity contribution >= 4 is 46.5 Å². The lowest BCUT2D eigenvalue weighted by Gasteiger charge is -2.42. The highest BCUT2D eigenvalue weighted by Crippen LogP contribution is 2.31. The molecule has 8 nitrogen and oxygen atoms in total. The molecule has 0 radical (unpaired) electrons. The van der Waals surface area contributed by atoms with Gasteiger partial charge in [0.1, 0.15) is 23.4 Å². The Morgan fingerprint density at radius 2 is 2.00 bits per heavy atom. The van der Waals surface area contributed by atoms with Crippen molar-refractivity contribution in [3.63, 3.8) is 0 Å². The van der Waals surface area contributed by atoms with Gasteiger partial charge in [0.25, 0.3) is 5.91 Å². The van der Waals surface area contributed by atoms with Gasteiger partial charge in [-0.05, 0) is 57.0 Å². The molecule has 1 amide bonds. The largest absolute Gasteiger partial charge is 0.364 e. The molecule has 3 atom stereocenters. The van der Waals surface area contributed by atoms with Crippen LogP contribution in [0.2, 0.25) is 10.0 Å². The van der Waals surface area contributed by atoms with Gasteiger partial charge in [0.05, 0.1) is 18.8 Å². The minimum absolute atomic E-state index is 0.0261. The van der Waals surface area contributed by atoms with E-state index >= 15 is 4.39 Å². The van der Waals surface area contributed by atoms with Crippen molar-refractivity contribution in [2.45, 2.75) is 50.9 Å². The summed E-state index contributed by atoms with van der Waals surface area (Å²) < 4.78 is 15.2. The van der Waals surface area contributed by atoms with E-state index < -0.39 is 17.8 Å². The molecular formula is C24H30Cl2FN7O. The maximum absolute atomic E-state index is 15.2. The summed E-state index contributed by atoms with van der Waals surface area (Å²) in [4.78, 5) is 24.8. The van der Waals surface area contributed by atoms with Gasteiger partial charge in [0, 0.05) is 22.6 Å². The van der Waals surface area contributed by atoms with E-state index in [0.29, 0.717) is 28.8 Å². The summed E-state index contributed by atoms with van der Waals surface area (Å²) in [6, 6.07) is 4.73. The maximum atomic E-state index is 15.2. The monoisotopic (exact) mass is 521 g/mol. The van der Waals surface area contributed by atoms with Gasteiger partial charge in [0.15, 0.2) is 5.82 Å².